The molecule has 0 spiro atoms. The molecule has 0 bridgehead atoms. The van der Waals surface area contributed by atoms with Gasteiger partial charge in [-0.15, -0.1) is 0 Å². The summed E-state index contributed by atoms with van der Waals surface area (Å²) in [5, 5.41) is 12.1. The summed E-state index contributed by atoms with van der Waals surface area (Å²) in [6.07, 6.45) is 1.26. The highest BCUT2D eigenvalue weighted by Crippen LogP contribution is 2.40. The van der Waals surface area contributed by atoms with E-state index in [1.807, 2.05) is 25.1 Å². The molecule has 0 aliphatic rings. The number of aliphatic carboxylic acids is 1. The molecule has 41 heavy (non-hydrogen) atoms. The van der Waals surface area contributed by atoms with E-state index in [9.17, 15) is 23.1 Å². The number of carboxylic acids is 1. The highest BCUT2D eigenvalue weighted by Gasteiger charge is 2.33. The smallest absolute Gasteiger partial charge is 0.356 e. The average Bonchev–Trinajstić information content (AvgIpc) is 3.26. The summed E-state index contributed by atoms with van der Waals surface area (Å²) in [6.45, 7) is 3.34. The van der Waals surface area contributed by atoms with Crippen LogP contribution < -0.4 is 0 Å². The predicted octanol–water partition coefficient (Wildman–Crippen LogP) is 7.45. The Hall–Kier alpha value is -4.11. The van der Waals surface area contributed by atoms with Crippen molar-refractivity contribution in [1.82, 2.24) is 3.97 Å². The maximum Gasteiger partial charge on any atom is 0.356 e. The summed E-state index contributed by atoms with van der Waals surface area (Å²) < 4.78 is 34.4. The molecule has 0 saturated carbocycles. The van der Waals surface area contributed by atoms with Gasteiger partial charge < -0.3 is 9.84 Å². The lowest BCUT2D eigenvalue weighted by atomic mass is 9.96. The molecule has 0 amide bonds. The van der Waals surface area contributed by atoms with Crippen LogP contribution in [-0.4, -0.2) is 36.0 Å². The van der Waals surface area contributed by atoms with Gasteiger partial charge in [0.1, 0.15) is 0 Å². The third-order valence-corrected chi connectivity index (χ3v) is 8.85. The van der Waals surface area contributed by atoms with Crippen LogP contribution in [0.4, 0.5) is 0 Å². The van der Waals surface area contributed by atoms with E-state index >= 15 is 0 Å². The number of aromatic nitrogens is 1. The van der Waals surface area contributed by atoms with Crippen LogP contribution in [0.3, 0.4) is 0 Å². The number of carbonyl (C=O) groups excluding carboxylic acids is 1. The predicted molar refractivity (Wildman–Crippen MR) is 161 cm³/mol. The summed E-state index contributed by atoms with van der Waals surface area (Å²) in [5.74, 6) is -2.26. The summed E-state index contributed by atoms with van der Waals surface area (Å²) in [4.78, 5) is 26.2. The fourth-order valence-electron chi connectivity index (χ4n) is 4.79. The van der Waals surface area contributed by atoms with Crippen LogP contribution in [0.15, 0.2) is 83.8 Å². The van der Waals surface area contributed by atoms with E-state index in [-0.39, 0.29) is 43.6 Å². The van der Waals surface area contributed by atoms with Crippen molar-refractivity contribution in [3.63, 3.8) is 0 Å². The van der Waals surface area contributed by atoms with Gasteiger partial charge >= 0.3 is 11.9 Å². The Balaban J connectivity index is 1.95. The number of aryl methyl sites for hydroxylation is 1. The van der Waals surface area contributed by atoms with Crippen molar-refractivity contribution < 1.29 is 27.9 Å². The molecule has 0 unspecified atom stereocenters. The molecule has 1 heterocycles. The third kappa shape index (κ3) is 5.10. The fourth-order valence-corrected chi connectivity index (χ4v) is 6.88. The van der Waals surface area contributed by atoms with Gasteiger partial charge in [0, 0.05) is 16.0 Å². The second-order valence-corrected chi connectivity index (χ2v) is 11.9. The highest BCUT2D eigenvalue weighted by atomic mass is 35.5. The van der Waals surface area contributed by atoms with Gasteiger partial charge in [-0.2, -0.15) is 0 Å². The number of fused-ring (bicyclic) bond motifs is 2. The zero-order chi connectivity index (χ0) is 29.5. The monoisotopic (exact) mass is 607 g/mol. The van der Waals surface area contributed by atoms with Crippen LogP contribution in [-0.2, 0) is 19.6 Å². The van der Waals surface area contributed by atoms with E-state index in [2.05, 4.69) is 0 Å². The number of esters is 1. The van der Waals surface area contributed by atoms with Crippen LogP contribution in [0.2, 0.25) is 10.0 Å². The number of hydrogen-bond acceptors (Lipinski definition) is 5. The van der Waals surface area contributed by atoms with Crippen LogP contribution in [0.1, 0.15) is 34.1 Å². The number of carboxylic acid groups (broad SMARTS) is 1. The van der Waals surface area contributed by atoms with E-state index in [1.54, 1.807) is 43.3 Å². The quantitative estimate of drug-likeness (QED) is 0.152. The Morgan fingerprint density at radius 1 is 0.976 bits per heavy atom. The minimum absolute atomic E-state index is 0.0000339. The zero-order valence-electron chi connectivity index (χ0n) is 21.9. The van der Waals surface area contributed by atoms with Crippen molar-refractivity contribution in [1.29, 1.82) is 0 Å². The molecule has 1 N–H and O–H groups in total. The molecular weight excluding hydrogens is 585 g/mol. The molecule has 0 radical (unpaired) electrons. The average molecular weight is 608 g/mol. The van der Waals surface area contributed by atoms with E-state index in [1.165, 1.54) is 30.3 Å². The van der Waals surface area contributed by atoms with Gasteiger partial charge in [0.05, 0.1) is 27.6 Å². The van der Waals surface area contributed by atoms with Gasteiger partial charge in [-0.05, 0) is 60.5 Å². The van der Waals surface area contributed by atoms with Crippen molar-refractivity contribution in [3.8, 4) is 0 Å². The second kappa shape index (κ2) is 11.0. The minimum Gasteiger partial charge on any atom is -0.478 e. The van der Waals surface area contributed by atoms with Crippen molar-refractivity contribution >= 4 is 78.5 Å². The molecule has 5 aromatic rings. The van der Waals surface area contributed by atoms with Gasteiger partial charge in [0.25, 0.3) is 10.0 Å². The molecular formula is C31H23Cl2NO6S. The van der Waals surface area contributed by atoms with Crippen molar-refractivity contribution in [2.75, 3.05) is 6.61 Å². The van der Waals surface area contributed by atoms with Crippen LogP contribution >= 0.6 is 23.2 Å². The van der Waals surface area contributed by atoms with Crippen LogP contribution in [0.5, 0.6) is 0 Å². The lowest BCUT2D eigenvalue weighted by Crippen LogP contribution is -2.20. The van der Waals surface area contributed by atoms with Gasteiger partial charge in [0.15, 0.2) is 5.69 Å². The van der Waals surface area contributed by atoms with Gasteiger partial charge in [-0.1, -0.05) is 83.4 Å². The van der Waals surface area contributed by atoms with Crippen molar-refractivity contribution in [2.24, 2.45) is 0 Å². The summed E-state index contributed by atoms with van der Waals surface area (Å²) in [6, 6.07) is 21.3. The molecule has 1 aromatic heterocycles. The lowest BCUT2D eigenvalue weighted by molar-refractivity contribution is -0.130. The maximum absolute atomic E-state index is 14.1. The zero-order valence-corrected chi connectivity index (χ0v) is 24.2. The molecule has 5 rings (SSSR count). The number of nitrogens with zero attached hydrogens (tertiary/aromatic N) is 1. The minimum atomic E-state index is -4.42. The first-order valence-electron chi connectivity index (χ1n) is 12.5. The van der Waals surface area contributed by atoms with Crippen LogP contribution in [0, 0.1) is 6.92 Å². The normalized spacial score (nSPS) is 12.1. The van der Waals surface area contributed by atoms with E-state index in [4.69, 9.17) is 27.9 Å². The first-order valence-corrected chi connectivity index (χ1v) is 14.7. The molecule has 4 aromatic carbocycles. The highest BCUT2D eigenvalue weighted by molar-refractivity contribution is 7.90. The molecule has 0 aliphatic heterocycles. The molecule has 0 saturated heterocycles. The van der Waals surface area contributed by atoms with Crippen LogP contribution in [0.25, 0.3) is 33.3 Å². The first-order chi connectivity index (χ1) is 19.5. The molecule has 208 valence electrons. The maximum atomic E-state index is 14.1. The molecule has 7 nitrogen and oxygen atoms in total. The van der Waals surface area contributed by atoms with Gasteiger partial charge in [-0.25, -0.2) is 22.0 Å². The molecule has 0 atom stereocenters. The number of rotatable bonds is 7. The largest absolute Gasteiger partial charge is 0.478 e. The Kier molecular flexibility index (Phi) is 7.66. The lowest BCUT2D eigenvalue weighted by Gasteiger charge is -2.13. The van der Waals surface area contributed by atoms with Gasteiger partial charge in [0.2, 0.25) is 0 Å². The Labute approximate surface area is 246 Å². The second-order valence-electron chi connectivity index (χ2n) is 9.24. The number of halogens is 2. The van der Waals surface area contributed by atoms with E-state index < -0.39 is 27.7 Å². The SMILES string of the molecule is CCOC(=O)c1c(/C=C(/C(=O)O)c2cccc3ccccc23)c2c(Cl)cc(Cl)cc2n1S(=O)(=O)c1ccc(C)cc1. The van der Waals surface area contributed by atoms with E-state index in [0.717, 1.165) is 14.9 Å². The first kappa shape index (κ1) is 28.4. The third-order valence-electron chi connectivity index (χ3n) is 6.61. The number of ether oxygens (including phenoxy) is 1. The summed E-state index contributed by atoms with van der Waals surface area (Å²) in [5.41, 5.74) is 0.609. The number of hydrogen-bond donors (Lipinski definition) is 1. The molecule has 0 aliphatic carbocycles. The van der Waals surface area contributed by atoms with Crippen molar-refractivity contribution in [2.45, 2.75) is 18.7 Å². The summed E-state index contributed by atoms with van der Waals surface area (Å²) in [7, 11) is -4.42. The number of carbonyl (C=O) groups is 2. The topological polar surface area (TPSA) is 103 Å². The Bertz CT molecular complexity index is 1990. The summed E-state index contributed by atoms with van der Waals surface area (Å²) >= 11 is 12.9. The van der Waals surface area contributed by atoms with E-state index in [0.29, 0.717) is 10.9 Å². The Morgan fingerprint density at radius 2 is 1.66 bits per heavy atom. The fraction of sp³-hybridized carbons (Fsp3) is 0.0968. The molecule has 10 heteroatoms. The molecule has 0 fully saturated rings. The Morgan fingerprint density at radius 3 is 2.34 bits per heavy atom. The van der Waals surface area contributed by atoms with Crippen molar-refractivity contribution in [3.05, 3.63) is 111 Å². The van der Waals surface area contributed by atoms with Gasteiger partial charge in [-0.3, -0.25) is 0 Å². The standard InChI is InChI=1S/C31H23Cl2NO6S/c1-3-40-31(37)29-25(17-24(30(35)36)23-10-6-8-19-7-4-5-9-22(19)23)28-26(33)15-20(32)16-27(28)34(29)41(38,39)21-13-11-18(2)12-14-21/h4-17H,3H2,1-2H3,(H,35,36)/b24-17+. The number of benzene rings is 4.